The maximum Gasteiger partial charge on any atom is 0.509 e. The van der Waals surface area contributed by atoms with Crippen LogP contribution in [0.4, 0.5) is 4.79 Å². The summed E-state index contributed by atoms with van der Waals surface area (Å²) in [6, 6.07) is 0. The second-order valence-electron chi connectivity index (χ2n) is 4.31. The van der Waals surface area contributed by atoms with E-state index in [-0.39, 0.29) is 18.3 Å². The van der Waals surface area contributed by atoms with E-state index in [1.54, 1.807) is 0 Å². The molecular weight excluding hydrogens is 288 g/mol. The molecule has 2 aliphatic heterocycles. The molecule has 0 saturated carbocycles. The van der Waals surface area contributed by atoms with Gasteiger partial charge in [0.25, 0.3) is 0 Å². The molecule has 0 N–H and O–H groups in total. The first-order chi connectivity index (χ1) is 8.17. The molecule has 0 aromatic heterocycles. The third kappa shape index (κ3) is 5.25. The summed E-state index contributed by atoms with van der Waals surface area (Å²) in [7, 11) is 0. The Labute approximate surface area is 111 Å². The standard InChI is InChI=1S/C9H14O4.C3H7Br/c1-6-5-8-7(3-2-4-11-6)12-9(10)13-8;1-2-3-4/h6-8H,2-5H2,1H3;2-3H2,1H3/t6-,7?,8?;/m1./s1. The van der Waals surface area contributed by atoms with Gasteiger partial charge in [0.1, 0.15) is 12.2 Å². The summed E-state index contributed by atoms with van der Waals surface area (Å²) in [4.78, 5) is 10.9. The highest BCUT2D eigenvalue weighted by Gasteiger charge is 2.38. The molecule has 0 aliphatic carbocycles. The van der Waals surface area contributed by atoms with Crippen molar-refractivity contribution in [3.05, 3.63) is 0 Å². The molecule has 2 heterocycles. The van der Waals surface area contributed by atoms with Gasteiger partial charge in [-0.1, -0.05) is 22.9 Å². The lowest BCUT2D eigenvalue weighted by molar-refractivity contribution is -0.00150. The van der Waals surface area contributed by atoms with E-state index in [4.69, 9.17) is 14.2 Å². The molecule has 2 saturated heterocycles. The van der Waals surface area contributed by atoms with E-state index in [9.17, 15) is 4.79 Å². The number of halogens is 1. The van der Waals surface area contributed by atoms with E-state index < -0.39 is 6.16 Å². The van der Waals surface area contributed by atoms with Gasteiger partial charge in [-0.2, -0.15) is 0 Å². The average molecular weight is 309 g/mol. The summed E-state index contributed by atoms with van der Waals surface area (Å²) in [6.07, 6.45) is 3.26. The lowest BCUT2D eigenvalue weighted by atomic mass is 10.0. The predicted octanol–water partition coefficient (Wildman–Crippen LogP) is 3.27. The normalized spacial score (nSPS) is 32.2. The van der Waals surface area contributed by atoms with Gasteiger partial charge in [-0.25, -0.2) is 4.79 Å². The molecule has 4 nitrogen and oxygen atoms in total. The SMILES string of the molecule is CCCBr.C[C@@H]1CC2OC(=O)OC2CCCO1. The number of fused-ring (bicyclic) bond motifs is 1. The first-order valence-corrected chi connectivity index (χ1v) is 7.34. The maximum atomic E-state index is 10.9. The lowest BCUT2D eigenvalue weighted by Crippen LogP contribution is -2.30. The van der Waals surface area contributed by atoms with Crippen LogP contribution in [-0.4, -0.2) is 36.4 Å². The molecular formula is C12H21BrO4. The van der Waals surface area contributed by atoms with Crippen molar-refractivity contribution in [1.82, 2.24) is 0 Å². The number of ether oxygens (including phenoxy) is 3. The van der Waals surface area contributed by atoms with Crippen LogP contribution >= 0.6 is 15.9 Å². The fourth-order valence-electron chi connectivity index (χ4n) is 1.84. The van der Waals surface area contributed by atoms with E-state index in [0.717, 1.165) is 31.2 Å². The van der Waals surface area contributed by atoms with Crippen molar-refractivity contribution in [3.63, 3.8) is 0 Å². The van der Waals surface area contributed by atoms with Gasteiger partial charge in [-0.05, 0) is 26.2 Å². The summed E-state index contributed by atoms with van der Waals surface area (Å²) in [5, 5.41) is 1.13. The molecule has 17 heavy (non-hydrogen) atoms. The molecule has 0 spiro atoms. The second kappa shape index (κ2) is 7.93. The van der Waals surface area contributed by atoms with Crippen molar-refractivity contribution in [2.24, 2.45) is 0 Å². The Morgan fingerprint density at radius 3 is 2.65 bits per heavy atom. The molecule has 3 atom stereocenters. The Hall–Kier alpha value is -0.290. The quantitative estimate of drug-likeness (QED) is 0.551. The molecule has 0 aromatic rings. The molecule has 100 valence electrons. The largest absolute Gasteiger partial charge is 0.509 e. The van der Waals surface area contributed by atoms with Crippen LogP contribution in [0, 0.1) is 0 Å². The monoisotopic (exact) mass is 308 g/mol. The van der Waals surface area contributed by atoms with Crippen LogP contribution in [0.25, 0.3) is 0 Å². The highest BCUT2D eigenvalue weighted by Crippen LogP contribution is 2.25. The number of hydrogen-bond acceptors (Lipinski definition) is 4. The average Bonchev–Trinajstić information content (AvgIpc) is 2.62. The lowest BCUT2D eigenvalue weighted by Gasteiger charge is -2.22. The molecule has 0 aromatic carbocycles. The summed E-state index contributed by atoms with van der Waals surface area (Å²) < 4.78 is 15.5. The molecule has 0 bridgehead atoms. The fourth-order valence-corrected chi connectivity index (χ4v) is 1.84. The smallest absolute Gasteiger partial charge is 0.427 e. The highest BCUT2D eigenvalue weighted by atomic mass is 79.9. The van der Waals surface area contributed by atoms with Crippen molar-refractivity contribution in [3.8, 4) is 0 Å². The molecule has 0 amide bonds. The van der Waals surface area contributed by atoms with Crippen LogP contribution in [-0.2, 0) is 14.2 Å². The van der Waals surface area contributed by atoms with E-state index in [1.807, 2.05) is 6.92 Å². The topological polar surface area (TPSA) is 44.8 Å². The summed E-state index contributed by atoms with van der Waals surface area (Å²) >= 11 is 3.25. The van der Waals surface area contributed by atoms with E-state index in [1.165, 1.54) is 6.42 Å². The van der Waals surface area contributed by atoms with Gasteiger partial charge >= 0.3 is 6.16 Å². The van der Waals surface area contributed by atoms with Gasteiger partial charge in [0.05, 0.1) is 6.10 Å². The van der Waals surface area contributed by atoms with Gasteiger partial charge in [0.2, 0.25) is 0 Å². The van der Waals surface area contributed by atoms with Crippen molar-refractivity contribution in [2.45, 2.75) is 57.8 Å². The number of rotatable bonds is 1. The minimum absolute atomic E-state index is 0.0427. The highest BCUT2D eigenvalue weighted by molar-refractivity contribution is 9.09. The van der Waals surface area contributed by atoms with Crippen LogP contribution in [0.5, 0.6) is 0 Å². The zero-order valence-corrected chi connectivity index (χ0v) is 12.1. The molecule has 5 heteroatoms. The Morgan fingerprint density at radius 1 is 1.35 bits per heavy atom. The Kier molecular flexibility index (Phi) is 6.89. The predicted molar refractivity (Wildman–Crippen MR) is 68.5 cm³/mol. The summed E-state index contributed by atoms with van der Waals surface area (Å²) in [6.45, 7) is 4.88. The zero-order valence-electron chi connectivity index (χ0n) is 10.5. The first kappa shape index (κ1) is 14.8. The van der Waals surface area contributed by atoms with Crippen LogP contribution < -0.4 is 0 Å². The number of carbonyl (C=O) groups excluding carboxylic acids is 1. The van der Waals surface area contributed by atoms with E-state index in [2.05, 4.69) is 22.9 Å². The van der Waals surface area contributed by atoms with Crippen molar-refractivity contribution in [2.75, 3.05) is 11.9 Å². The van der Waals surface area contributed by atoms with Gasteiger partial charge in [0, 0.05) is 18.4 Å². The van der Waals surface area contributed by atoms with Crippen LogP contribution in [0.3, 0.4) is 0 Å². The van der Waals surface area contributed by atoms with Gasteiger partial charge < -0.3 is 14.2 Å². The van der Waals surface area contributed by atoms with Crippen molar-refractivity contribution >= 4 is 22.1 Å². The molecule has 0 radical (unpaired) electrons. The molecule has 2 fully saturated rings. The third-order valence-corrected chi connectivity index (χ3v) is 3.49. The molecule has 2 rings (SSSR count). The Morgan fingerprint density at radius 2 is 2.00 bits per heavy atom. The Balaban J connectivity index is 0.000000317. The van der Waals surface area contributed by atoms with Crippen molar-refractivity contribution in [1.29, 1.82) is 0 Å². The molecule has 2 unspecified atom stereocenters. The van der Waals surface area contributed by atoms with Crippen molar-refractivity contribution < 1.29 is 19.0 Å². The van der Waals surface area contributed by atoms with Crippen LogP contribution in [0.2, 0.25) is 0 Å². The van der Waals surface area contributed by atoms with Crippen LogP contribution in [0.1, 0.15) is 39.5 Å². The maximum absolute atomic E-state index is 10.9. The van der Waals surface area contributed by atoms with Gasteiger partial charge in [-0.3, -0.25) is 0 Å². The summed E-state index contributed by atoms with van der Waals surface area (Å²) in [5.41, 5.74) is 0. The number of alkyl halides is 1. The fraction of sp³-hybridized carbons (Fsp3) is 0.917. The number of carbonyl (C=O) groups is 1. The minimum atomic E-state index is -0.524. The Bertz CT molecular complexity index is 233. The second-order valence-corrected chi connectivity index (χ2v) is 5.10. The summed E-state index contributed by atoms with van der Waals surface area (Å²) in [5.74, 6) is 0. The minimum Gasteiger partial charge on any atom is -0.427 e. The van der Waals surface area contributed by atoms with Crippen LogP contribution in [0.15, 0.2) is 0 Å². The van der Waals surface area contributed by atoms with Gasteiger partial charge in [0.15, 0.2) is 0 Å². The molecule has 2 aliphatic rings. The van der Waals surface area contributed by atoms with E-state index >= 15 is 0 Å². The third-order valence-electron chi connectivity index (χ3n) is 2.70. The van der Waals surface area contributed by atoms with Gasteiger partial charge in [-0.15, -0.1) is 0 Å². The van der Waals surface area contributed by atoms with E-state index in [0.29, 0.717) is 0 Å². The first-order valence-electron chi connectivity index (χ1n) is 6.22. The number of hydrogen-bond donors (Lipinski definition) is 0. The zero-order chi connectivity index (χ0) is 12.7.